The lowest BCUT2D eigenvalue weighted by Crippen LogP contribution is -2.14. The Hall–Kier alpha value is -2.28. The third-order valence-electron chi connectivity index (χ3n) is 3.59. The maximum Gasteiger partial charge on any atom is 0.257 e. The Morgan fingerprint density at radius 2 is 2.14 bits per heavy atom. The number of amides is 2. The van der Waals surface area contributed by atoms with Crippen molar-refractivity contribution in [1.82, 2.24) is 9.97 Å². The highest BCUT2D eigenvalue weighted by molar-refractivity contribution is 7.14. The molecule has 1 aliphatic rings. The van der Waals surface area contributed by atoms with Gasteiger partial charge in [-0.3, -0.25) is 14.9 Å². The van der Waals surface area contributed by atoms with Gasteiger partial charge in [-0.15, -0.1) is 11.3 Å². The molecule has 0 aliphatic heterocycles. The third kappa shape index (κ3) is 3.30. The molecule has 2 aromatic rings. The molecule has 0 bridgehead atoms. The molecule has 7 heteroatoms. The molecule has 0 saturated heterocycles. The zero-order valence-electron chi connectivity index (χ0n) is 12.1. The summed E-state index contributed by atoms with van der Waals surface area (Å²) < 4.78 is 0. The number of thiazole rings is 1. The van der Waals surface area contributed by atoms with Crippen LogP contribution in [0.1, 0.15) is 48.2 Å². The molecule has 2 aromatic heterocycles. The van der Waals surface area contributed by atoms with E-state index in [9.17, 15) is 9.59 Å². The summed E-state index contributed by atoms with van der Waals surface area (Å²) in [4.78, 5) is 31.7. The van der Waals surface area contributed by atoms with Crippen LogP contribution < -0.4 is 10.6 Å². The highest BCUT2D eigenvalue weighted by Gasteiger charge is 2.22. The summed E-state index contributed by atoms with van der Waals surface area (Å²) >= 11 is 1.44. The van der Waals surface area contributed by atoms with Crippen molar-refractivity contribution in [3.8, 4) is 0 Å². The third-order valence-corrected chi connectivity index (χ3v) is 4.37. The van der Waals surface area contributed by atoms with Crippen LogP contribution in [0.25, 0.3) is 0 Å². The second kappa shape index (κ2) is 6.23. The van der Waals surface area contributed by atoms with Crippen LogP contribution in [-0.2, 0) is 4.79 Å². The first-order valence-electron chi connectivity index (χ1n) is 7.12. The molecule has 3 rings (SSSR count). The van der Waals surface area contributed by atoms with Crippen LogP contribution in [0, 0.1) is 0 Å². The van der Waals surface area contributed by atoms with Gasteiger partial charge in [-0.25, -0.2) is 9.97 Å². The molecule has 22 heavy (non-hydrogen) atoms. The van der Waals surface area contributed by atoms with Crippen molar-refractivity contribution in [2.24, 2.45) is 0 Å². The van der Waals surface area contributed by atoms with E-state index < -0.39 is 0 Å². The van der Waals surface area contributed by atoms with E-state index in [2.05, 4.69) is 20.6 Å². The van der Waals surface area contributed by atoms with Gasteiger partial charge in [0, 0.05) is 30.0 Å². The largest absolute Gasteiger partial charge is 0.311 e. The van der Waals surface area contributed by atoms with E-state index in [1.54, 1.807) is 6.07 Å². The number of carbonyl (C=O) groups is 2. The van der Waals surface area contributed by atoms with Crippen molar-refractivity contribution in [2.45, 2.75) is 32.1 Å². The summed E-state index contributed by atoms with van der Waals surface area (Å²) in [7, 11) is 0. The van der Waals surface area contributed by atoms with E-state index in [1.165, 1.54) is 49.8 Å². The summed E-state index contributed by atoms with van der Waals surface area (Å²) in [6.45, 7) is 1.39. The summed E-state index contributed by atoms with van der Waals surface area (Å²) in [5, 5.41) is 7.96. The number of rotatable bonds is 4. The SMILES string of the molecule is CC(=O)Nc1cc(C(=O)Nc2nc(C3CCC3)cs2)ccn1. The molecule has 2 heterocycles. The molecule has 0 spiro atoms. The molecule has 6 nitrogen and oxygen atoms in total. The molecule has 0 aromatic carbocycles. The lowest BCUT2D eigenvalue weighted by molar-refractivity contribution is -0.114. The van der Waals surface area contributed by atoms with E-state index in [0.29, 0.717) is 22.4 Å². The van der Waals surface area contributed by atoms with Crippen LogP contribution >= 0.6 is 11.3 Å². The second-order valence-corrected chi connectivity index (χ2v) is 6.13. The van der Waals surface area contributed by atoms with E-state index in [1.807, 2.05) is 5.38 Å². The Bertz CT molecular complexity index is 709. The molecule has 1 fully saturated rings. The van der Waals surface area contributed by atoms with E-state index in [0.717, 1.165) is 5.69 Å². The monoisotopic (exact) mass is 316 g/mol. The fourth-order valence-electron chi connectivity index (χ4n) is 2.22. The minimum Gasteiger partial charge on any atom is -0.311 e. The summed E-state index contributed by atoms with van der Waals surface area (Å²) in [6.07, 6.45) is 5.11. The number of aromatic nitrogens is 2. The molecule has 1 aliphatic carbocycles. The Morgan fingerprint density at radius 3 is 2.82 bits per heavy atom. The smallest absolute Gasteiger partial charge is 0.257 e. The van der Waals surface area contributed by atoms with E-state index in [4.69, 9.17) is 0 Å². The van der Waals surface area contributed by atoms with Gasteiger partial charge in [0.1, 0.15) is 5.82 Å². The standard InChI is InChI=1S/C15H16N4O2S/c1-9(20)17-13-7-11(5-6-16-13)14(21)19-15-18-12(8-22-15)10-3-2-4-10/h5-8,10H,2-4H2,1H3,(H,16,17,20)(H,18,19,21). The Labute approximate surface area is 132 Å². The lowest BCUT2D eigenvalue weighted by atomic mass is 9.83. The molecule has 1 saturated carbocycles. The van der Waals surface area contributed by atoms with Crippen LogP contribution in [0.5, 0.6) is 0 Å². The molecular weight excluding hydrogens is 300 g/mol. The zero-order chi connectivity index (χ0) is 15.5. The van der Waals surface area contributed by atoms with Gasteiger partial charge in [0.25, 0.3) is 5.91 Å². The maximum absolute atomic E-state index is 12.2. The average Bonchev–Trinajstić information content (AvgIpc) is 2.84. The van der Waals surface area contributed by atoms with Crippen molar-refractivity contribution in [1.29, 1.82) is 0 Å². The minimum atomic E-state index is -0.261. The number of nitrogens with zero attached hydrogens (tertiary/aromatic N) is 2. The fourth-order valence-corrected chi connectivity index (χ4v) is 3.01. The number of nitrogens with one attached hydrogen (secondary N) is 2. The van der Waals surface area contributed by atoms with E-state index >= 15 is 0 Å². The topological polar surface area (TPSA) is 84.0 Å². The Morgan fingerprint density at radius 1 is 1.32 bits per heavy atom. The lowest BCUT2D eigenvalue weighted by Gasteiger charge is -2.22. The van der Waals surface area contributed by atoms with Gasteiger partial charge in [0.2, 0.25) is 5.91 Å². The molecule has 2 amide bonds. The number of pyridine rings is 1. The Balaban J connectivity index is 1.68. The van der Waals surface area contributed by atoms with Crippen LogP contribution in [0.4, 0.5) is 10.9 Å². The zero-order valence-corrected chi connectivity index (χ0v) is 12.9. The molecular formula is C15H16N4O2S. The normalized spacial score (nSPS) is 14.2. The van der Waals surface area contributed by atoms with Crippen LogP contribution in [-0.4, -0.2) is 21.8 Å². The molecule has 0 unspecified atom stereocenters. The van der Waals surface area contributed by atoms with Gasteiger partial charge in [0.15, 0.2) is 5.13 Å². The van der Waals surface area contributed by atoms with Gasteiger partial charge in [-0.1, -0.05) is 6.42 Å². The first kappa shape index (κ1) is 14.6. The van der Waals surface area contributed by atoms with Crippen molar-refractivity contribution >= 4 is 34.1 Å². The highest BCUT2D eigenvalue weighted by atomic mass is 32.1. The van der Waals surface area contributed by atoms with Crippen molar-refractivity contribution in [3.05, 3.63) is 35.0 Å². The number of hydrogen-bond donors (Lipinski definition) is 2. The summed E-state index contributed by atoms with van der Waals surface area (Å²) in [6, 6.07) is 3.14. The molecule has 114 valence electrons. The maximum atomic E-state index is 12.2. The van der Waals surface area contributed by atoms with Gasteiger partial charge in [0.05, 0.1) is 5.69 Å². The fraction of sp³-hybridized carbons (Fsp3) is 0.333. The molecule has 0 atom stereocenters. The first-order valence-corrected chi connectivity index (χ1v) is 8.00. The van der Waals surface area contributed by atoms with Gasteiger partial charge in [-0.05, 0) is 25.0 Å². The summed E-state index contributed by atoms with van der Waals surface area (Å²) in [5.41, 5.74) is 1.50. The quantitative estimate of drug-likeness (QED) is 0.908. The predicted molar refractivity (Wildman–Crippen MR) is 85.2 cm³/mol. The number of anilines is 2. The number of carbonyl (C=O) groups excluding carboxylic acids is 2. The van der Waals surface area contributed by atoms with Crippen molar-refractivity contribution in [2.75, 3.05) is 10.6 Å². The van der Waals surface area contributed by atoms with Gasteiger partial charge >= 0.3 is 0 Å². The second-order valence-electron chi connectivity index (χ2n) is 5.27. The Kier molecular flexibility index (Phi) is 4.15. The summed E-state index contributed by atoms with van der Waals surface area (Å²) in [5.74, 6) is 0.419. The number of hydrogen-bond acceptors (Lipinski definition) is 5. The minimum absolute atomic E-state index is 0.227. The van der Waals surface area contributed by atoms with E-state index in [-0.39, 0.29) is 11.8 Å². The van der Waals surface area contributed by atoms with Crippen LogP contribution in [0.15, 0.2) is 23.7 Å². The van der Waals surface area contributed by atoms with Gasteiger partial charge in [-0.2, -0.15) is 0 Å². The first-order chi connectivity index (χ1) is 10.6. The van der Waals surface area contributed by atoms with Gasteiger partial charge < -0.3 is 5.32 Å². The predicted octanol–water partition coefficient (Wildman–Crippen LogP) is 3.02. The van der Waals surface area contributed by atoms with Crippen molar-refractivity contribution < 1.29 is 9.59 Å². The average molecular weight is 316 g/mol. The van der Waals surface area contributed by atoms with Crippen LogP contribution in [0.3, 0.4) is 0 Å². The van der Waals surface area contributed by atoms with Crippen molar-refractivity contribution in [3.63, 3.8) is 0 Å². The molecule has 0 radical (unpaired) electrons. The molecule has 2 N–H and O–H groups in total. The van der Waals surface area contributed by atoms with Crippen LogP contribution in [0.2, 0.25) is 0 Å². The highest BCUT2D eigenvalue weighted by Crippen LogP contribution is 2.37.